The summed E-state index contributed by atoms with van der Waals surface area (Å²) >= 11 is 0. The second-order valence-corrected chi connectivity index (χ2v) is 8.95. The van der Waals surface area contributed by atoms with E-state index in [1.165, 1.54) is 18.2 Å². The molecular weight excluding hydrogens is 528 g/mol. The Bertz CT molecular complexity index is 1240. The lowest BCUT2D eigenvalue weighted by Crippen LogP contribution is -2.63. The lowest BCUT2D eigenvalue weighted by atomic mass is 9.98. The molecular formula is C28H30O12. The molecule has 0 aromatic heterocycles. The van der Waals surface area contributed by atoms with Crippen molar-refractivity contribution in [2.45, 2.75) is 64.8 Å². The Morgan fingerprint density at radius 3 is 1.95 bits per heavy atom. The highest BCUT2D eigenvalue weighted by Crippen LogP contribution is 2.32. The molecule has 40 heavy (non-hydrogen) atoms. The van der Waals surface area contributed by atoms with Crippen molar-refractivity contribution in [1.29, 1.82) is 0 Å². The lowest BCUT2D eigenvalue weighted by molar-refractivity contribution is -0.288. The van der Waals surface area contributed by atoms with E-state index < -0.39 is 61.2 Å². The first-order valence-corrected chi connectivity index (χ1v) is 12.3. The summed E-state index contributed by atoms with van der Waals surface area (Å²) in [6, 6.07) is 12.9. The first-order valence-electron chi connectivity index (χ1n) is 12.3. The van der Waals surface area contributed by atoms with E-state index >= 15 is 0 Å². The normalized spacial score (nSPS) is 21.9. The monoisotopic (exact) mass is 558 g/mol. The fourth-order valence-corrected chi connectivity index (χ4v) is 4.11. The molecule has 2 aromatic rings. The van der Waals surface area contributed by atoms with Crippen LogP contribution in [0.1, 0.15) is 43.6 Å². The van der Waals surface area contributed by atoms with Crippen LogP contribution in [0, 0.1) is 0 Å². The number of aromatic hydroxyl groups is 1. The lowest BCUT2D eigenvalue weighted by Gasteiger charge is -2.43. The van der Waals surface area contributed by atoms with Crippen molar-refractivity contribution in [3.05, 3.63) is 59.7 Å². The molecule has 3 rings (SSSR count). The predicted octanol–water partition coefficient (Wildman–Crippen LogP) is 2.28. The van der Waals surface area contributed by atoms with Gasteiger partial charge in [0.15, 0.2) is 18.0 Å². The smallest absolute Gasteiger partial charge is 0.303 e. The molecule has 0 amide bonds. The Balaban J connectivity index is 1.91. The molecule has 214 valence electrons. The molecule has 2 aromatic carbocycles. The third-order valence-electron chi connectivity index (χ3n) is 5.68. The molecule has 5 atom stereocenters. The highest BCUT2D eigenvalue weighted by molar-refractivity contribution is 6.00. The van der Waals surface area contributed by atoms with Gasteiger partial charge in [-0.2, -0.15) is 0 Å². The van der Waals surface area contributed by atoms with Gasteiger partial charge in [-0.15, -0.1) is 0 Å². The quantitative estimate of drug-likeness (QED) is 0.258. The minimum absolute atomic E-state index is 0.00895. The zero-order valence-electron chi connectivity index (χ0n) is 22.4. The molecule has 12 heteroatoms. The molecule has 0 spiro atoms. The summed E-state index contributed by atoms with van der Waals surface area (Å²) in [4.78, 5) is 60.0. The van der Waals surface area contributed by atoms with E-state index in [-0.39, 0.29) is 29.3 Å². The molecule has 0 radical (unpaired) electrons. The van der Waals surface area contributed by atoms with Crippen molar-refractivity contribution in [3.63, 3.8) is 0 Å². The first-order chi connectivity index (χ1) is 18.9. The van der Waals surface area contributed by atoms with Crippen molar-refractivity contribution in [2.75, 3.05) is 6.61 Å². The summed E-state index contributed by atoms with van der Waals surface area (Å²) in [6.45, 7) is 4.06. The number of benzene rings is 2. The maximum atomic E-state index is 12.7. The molecule has 1 aliphatic rings. The third kappa shape index (κ3) is 8.27. The largest absolute Gasteiger partial charge is 0.507 e. The molecule has 1 heterocycles. The van der Waals surface area contributed by atoms with Crippen LogP contribution in [-0.2, 0) is 49.3 Å². The van der Waals surface area contributed by atoms with E-state index in [4.69, 9.17) is 28.4 Å². The van der Waals surface area contributed by atoms with E-state index in [0.717, 1.165) is 33.3 Å². The van der Waals surface area contributed by atoms with Crippen LogP contribution >= 0.6 is 0 Å². The van der Waals surface area contributed by atoms with E-state index in [0.29, 0.717) is 0 Å². The Morgan fingerprint density at radius 1 is 0.775 bits per heavy atom. The summed E-state index contributed by atoms with van der Waals surface area (Å²) in [5, 5.41) is 10.6. The average Bonchev–Trinajstić information content (AvgIpc) is 2.86. The fraction of sp³-hybridized carbons (Fsp3) is 0.393. The zero-order chi connectivity index (χ0) is 29.4. The minimum atomic E-state index is -1.48. The highest BCUT2D eigenvalue weighted by Gasteiger charge is 2.53. The summed E-state index contributed by atoms with van der Waals surface area (Å²) in [5.41, 5.74) is 0.822. The van der Waals surface area contributed by atoms with Crippen LogP contribution in [0.15, 0.2) is 48.5 Å². The summed E-state index contributed by atoms with van der Waals surface area (Å²) in [7, 11) is 0. The van der Waals surface area contributed by atoms with Gasteiger partial charge in [-0.3, -0.25) is 24.0 Å². The molecule has 0 saturated carbocycles. The van der Waals surface area contributed by atoms with Crippen LogP contribution in [-0.4, -0.2) is 72.1 Å². The van der Waals surface area contributed by atoms with Crippen LogP contribution < -0.4 is 4.74 Å². The predicted molar refractivity (Wildman–Crippen MR) is 135 cm³/mol. The topological polar surface area (TPSA) is 161 Å². The number of esters is 4. The minimum Gasteiger partial charge on any atom is -0.507 e. The molecule has 1 N–H and O–H groups in total. The van der Waals surface area contributed by atoms with Crippen LogP contribution in [0.3, 0.4) is 0 Å². The average molecular weight is 559 g/mol. The maximum absolute atomic E-state index is 12.7. The number of hydrogen-bond acceptors (Lipinski definition) is 12. The number of hydrogen-bond donors (Lipinski definition) is 1. The number of ketones is 1. The van der Waals surface area contributed by atoms with Gasteiger partial charge in [-0.1, -0.05) is 30.3 Å². The number of phenols is 1. The number of carbonyl (C=O) groups is 5. The van der Waals surface area contributed by atoms with E-state index in [1.807, 2.05) is 6.07 Å². The van der Waals surface area contributed by atoms with Gasteiger partial charge in [0.1, 0.15) is 24.2 Å². The SMILES string of the molecule is CC(=O)OC[C@@H]1O[C@@H](Oc2ccc(C(=O)Cc3ccccc3)c(O)c2)[C@@H](OC(C)=O)[C@H](OC(C)=O)[C@H]1OC(C)=O. The molecule has 1 saturated heterocycles. The van der Waals surface area contributed by atoms with Gasteiger partial charge in [0.05, 0.1) is 5.56 Å². The summed E-state index contributed by atoms with van der Waals surface area (Å²) in [6.07, 6.45) is -6.81. The van der Waals surface area contributed by atoms with Gasteiger partial charge >= 0.3 is 23.9 Å². The van der Waals surface area contributed by atoms with Gasteiger partial charge in [0.25, 0.3) is 0 Å². The van der Waals surface area contributed by atoms with Crippen molar-refractivity contribution in [3.8, 4) is 11.5 Å². The standard InChI is InChI=1S/C28H30O12/c1-15(29)35-14-24-25(36-16(2)30)26(37-17(3)31)27(38-18(4)32)28(40-24)39-20-10-11-21(23(34)13-20)22(33)12-19-8-6-5-7-9-19/h5-11,13,24-28,34H,12,14H2,1-4H3/t24-,25-,26+,27-,28+/m0/s1. The maximum Gasteiger partial charge on any atom is 0.303 e. The number of phenolic OH excluding ortho intramolecular Hbond substituents is 1. The number of ether oxygens (including phenoxy) is 6. The van der Waals surface area contributed by atoms with Crippen molar-refractivity contribution in [2.24, 2.45) is 0 Å². The molecule has 0 aliphatic carbocycles. The van der Waals surface area contributed by atoms with Gasteiger partial charge < -0.3 is 33.5 Å². The zero-order valence-corrected chi connectivity index (χ0v) is 22.4. The summed E-state index contributed by atoms with van der Waals surface area (Å²) in [5.74, 6) is -3.69. The molecule has 12 nitrogen and oxygen atoms in total. The van der Waals surface area contributed by atoms with Crippen molar-refractivity contribution < 1.29 is 57.5 Å². The van der Waals surface area contributed by atoms with Crippen LogP contribution in [0.5, 0.6) is 11.5 Å². The van der Waals surface area contributed by atoms with Gasteiger partial charge in [-0.25, -0.2) is 0 Å². The molecule has 0 unspecified atom stereocenters. The third-order valence-corrected chi connectivity index (χ3v) is 5.68. The van der Waals surface area contributed by atoms with Gasteiger partial charge in [0, 0.05) is 40.2 Å². The van der Waals surface area contributed by atoms with Gasteiger partial charge in [-0.05, 0) is 17.7 Å². The van der Waals surface area contributed by atoms with E-state index in [9.17, 15) is 29.1 Å². The number of Topliss-reactive ketones (excluding diaryl/α,β-unsaturated/α-hetero) is 1. The second kappa shape index (κ2) is 13.6. The molecule has 1 aliphatic heterocycles. The van der Waals surface area contributed by atoms with Gasteiger partial charge in [0.2, 0.25) is 12.4 Å². The highest BCUT2D eigenvalue weighted by atomic mass is 16.7. The Morgan fingerprint density at radius 2 is 1.38 bits per heavy atom. The summed E-state index contributed by atoms with van der Waals surface area (Å²) < 4.78 is 32.8. The van der Waals surface area contributed by atoms with Crippen LogP contribution in [0.2, 0.25) is 0 Å². The van der Waals surface area contributed by atoms with Crippen molar-refractivity contribution >= 4 is 29.7 Å². The fourth-order valence-electron chi connectivity index (χ4n) is 4.11. The van der Waals surface area contributed by atoms with Crippen LogP contribution in [0.4, 0.5) is 0 Å². The number of rotatable bonds is 10. The Kier molecular flexibility index (Phi) is 10.2. The van der Waals surface area contributed by atoms with E-state index in [2.05, 4.69) is 0 Å². The van der Waals surface area contributed by atoms with E-state index in [1.54, 1.807) is 24.3 Å². The Labute approximate surface area is 230 Å². The second-order valence-electron chi connectivity index (χ2n) is 8.95. The van der Waals surface area contributed by atoms with Crippen LogP contribution in [0.25, 0.3) is 0 Å². The molecule has 1 fully saturated rings. The first kappa shape index (κ1) is 30.1. The van der Waals surface area contributed by atoms with Crippen molar-refractivity contribution in [1.82, 2.24) is 0 Å². The number of carbonyl (C=O) groups excluding carboxylic acids is 5. The molecule has 0 bridgehead atoms. The Hall–Kier alpha value is -4.45.